The molecule has 0 aromatic heterocycles. The molecule has 0 bridgehead atoms. The number of aliphatic hydroxyl groups is 2. The monoisotopic (exact) mass is 289 g/mol. The number of hydrogen-bond donors (Lipinski definition) is 2. The number of hydrogen-bond acceptors (Lipinski definition) is 8. The van der Waals surface area contributed by atoms with Crippen molar-refractivity contribution in [2.45, 2.75) is 44.5 Å². The van der Waals surface area contributed by atoms with Crippen LogP contribution in [0, 0.1) is 0 Å². The van der Waals surface area contributed by atoms with Gasteiger partial charge in [0.1, 0.15) is 31.0 Å². The molecule has 1 unspecified atom stereocenters. The van der Waals surface area contributed by atoms with Gasteiger partial charge in [-0.2, -0.15) is 0 Å². The number of carbonyl (C=O) groups is 2. The largest absolute Gasteiger partial charge is 0.463 e. The first-order chi connectivity index (χ1) is 9.36. The van der Waals surface area contributed by atoms with Crippen LogP contribution in [-0.2, 0) is 23.8 Å². The summed E-state index contributed by atoms with van der Waals surface area (Å²) in [6, 6.07) is -1.30. The standard InChI is InChI=1S/C10H15N3O7/c1-4(14)18-3-6-8(16)9(19-5(2)15)7(12-13-11)10(17)20-6/h6-10,16-17H,3H2,1-2H3/t6-,7-,8-,9-,10?/m1/s1. The van der Waals surface area contributed by atoms with E-state index in [0.29, 0.717) is 0 Å². The van der Waals surface area contributed by atoms with E-state index in [4.69, 9.17) is 15.0 Å². The Labute approximate surface area is 113 Å². The zero-order valence-corrected chi connectivity index (χ0v) is 10.9. The molecule has 0 aromatic rings. The highest BCUT2D eigenvalue weighted by atomic mass is 16.6. The van der Waals surface area contributed by atoms with Gasteiger partial charge in [-0.15, -0.1) is 0 Å². The molecule has 1 rings (SSSR count). The lowest BCUT2D eigenvalue weighted by Crippen LogP contribution is -2.59. The molecule has 1 fully saturated rings. The van der Waals surface area contributed by atoms with Gasteiger partial charge >= 0.3 is 11.9 Å². The van der Waals surface area contributed by atoms with Gasteiger partial charge < -0.3 is 24.4 Å². The molecule has 20 heavy (non-hydrogen) atoms. The Kier molecular flexibility index (Phi) is 5.71. The van der Waals surface area contributed by atoms with Crippen molar-refractivity contribution in [1.82, 2.24) is 0 Å². The van der Waals surface area contributed by atoms with Crippen LogP contribution in [0.4, 0.5) is 0 Å². The van der Waals surface area contributed by atoms with Crippen LogP contribution in [0.2, 0.25) is 0 Å². The lowest BCUT2D eigenvalue weighted by molar-refractivity contribution is -0.255. The van der Waals surface area contributed by atoms with Gasteiger partial charge in [0.2, 0.25) is 0 Å². The summed E-state index contributed by atoms with van der Waals surface area (Å²) in [7, 11) is 0. The second-order valence-electron chi connectivity index (χ2n) is 4.13. The number of carbonyl (C=O) groups excluding carboxylic acids is 2. The van der Waals surface area contributed by atoms with Crippen molar-refractivity contribution in [3.8, 4) is 0 Å². The molecule has 1 heterocycles. The number of ether oxygens (including phenoxy) is 3. The second-order valence-corrected chi connectivity index (χ2v) is 4.13. The summed E-state index contributed by atoms with van der Waals surface area (Å²) < 4.78 is 14.5. The van der Waals surface area contributed by atoms with Crippen LogP contribution in [0.15, 0.2) is 5.11 Å². The van der Waals surface area contributed by atoms with Crippen LogP contribution >= 0.6 is 0 Å². The molecule has 1 aliphatic heterocycles. The first kappa shape index (κ1) is 16.2. The third kappa shape index (κ3) is 4.07. The highest BCUT2D eigenvalue weighted by Gasteiger charge is 2.46. The minimum atomic E-state index is -1.60. The molecule has 10 nitrogen and oxygen atoms in total. The molecule has 1 aliphatic rings. The van der Waals surface area contributed by atoms with Crippen LogP contribution in [0.3, 0.4) is 0 Å². The summed E-state index contributed by atoms with van der Waals surface area (Å²) in [5.74, 6) is -1.33. The van der Waals surface area contributed by atoms with E-state index < -0.39 is 42.6 Å². The van der Waals surface area contributed by atoms with Gasteiger partial charge in [-0.1, -0.05) is 5.11 Å². The lowest BCUT2D eigenvalue weighted by Gasteiger charge is -2.40. The molecule has 0 spiro atoms. The van der Waals surface area contributed by atoms with E-state index in [1.54, 1.807) is 0 Å². The predicted octanol–water partition coefficient (Wildman–Crippen LogP) is -0.762. The van der Waals surface area contributed by atoms with Gasteiger partial charge in [-0.3, -0.25) is 9.59 Å². The van der Waals surface area contributed by atoms with Gasteiger partial charge in [-0.25, -0.2) is 0 Å². The Bertz CT molecular complexity index is 423. The number of azide groups is 1. The summed E-state index contributed by atoms with van der Waals surface area (Å²) in [6.45, 7) is 1.93. The normalized spacial score (nSPS) is 32.9. The third-order valence-electron chi connectivity index (χ3n) is 2.60. The van der Waals surface area contributed by atoms with Crippen molar-refractivity contribution < 1.29 is 34.0 Å². The van der Waals surface area contributed by atoms with Crippen molar-refractivity contribution in [2.75, 3.05) is 6.61 Å². The summed E-state index contributed by atoms with van der Waals surface area (Å²) in [5, 5.41) is 23.0. The van der Waals surface area contributed by atoms with Gasteiger partial charge in [0, 0.05) is 18.8 Å². The van der Waals surface area contributed by atoms with Gasteiger partial charge in [0.25, 0.3) is 0 Å². The minimum Gasteiger partial charge on any atom is -0.463 e. The molecule has 10 heteroatoms. The maximum atomic E-state index is 11.0. The molecule has 1 saturated heterocycles. The fourth-order valence-corrected chi connectivity index (χ4v) is 1.77. The quantitative estimate of drug-likeness (QED) is 0.298. The summed E-state index contributed by atoms with van der Waals surface area (Å²) >= 11 is 0. The van der Waals surface area contributed by atoms with E-state index in [1.165, 1.54) is 0 Å². The zero-order valence-electron chi connectivity index (χ0n) is 10.9. The summed E-state index contributed by atoms with van der Waals surface area (Å²) in [6.07, 6.45) is -5.42. The molecule has 0 aromatic carbocycles. The molecule has 0 saturated carbocycles. The molecular formula is C10H15N3O7. The van der Waals surface area contributed by atoms with Crippen molar-refractivity contribution >= 4 is 11.9 Å². The van der Waals surface area contributed by atoms with Gasteiger partial charge in [-0.05, 0) is 5.53 Å². The average Bonchev–Trinajstić information content (AvgIpc) is 2.35. The van der Waals surface area contributed by atoms with Crippen LogP contribution < -0.4 is 0 Å². The predicted molar refractivity (Wildman–Crippen MR) is 62.0 cm³/mol. The molecular weight excluding hydrogens is 274 g/mol. The first-order valence-corrected chi connectivity index (χ1v) is 5.73. The smallest absolute Gasteiger partial charge is 0.303 e. The number of aliphatic hydroxyl groups excluding tert-OH is 2. The van der Waals surface area contributed by atoms with Crippen molar-refractivity contribution in [3.63, 3.8) is 0 Å². The Hall–Kier alpha value is -1.87. The Morgan fingerprint density at radius 3 is 2.50 bits per heavy atom. The topological polar surface area (TPSA) is 151 Å². The molecule has 2 N–H and O–H groups in total. The van der Waals surface area contributed by atoms with Crippen molar-refractivity contribution in [1.29, 1.82) is 0 Å². The van der Waals surface area contributed by atoms with E-state index in [9.17, 15) is 19.8 Å². The SMILES string of the molecule is CC(=O)OC[C@H]1OC(O)[C@H](N=[N+]=[N-])[C@@H](OC(C)=O)[C@@H]1O. The highest BCUT2D eigenvalue weighted by molar-refractivity contribution is 5.66. The first-order valence-electron chi connectivity index (χ1n) is 5.73. The van der Waals surface area contributed by atoms with Crippen LogP contribution in [-0.4, -0.2) is 59.4 Å². The summed E-state index contributed by atoms with van der Waals surface area (Å²) in [4.78, 5) is 24.2. The lowest BCUT2D eigenvalue weighted by atomic mass is 9.97. The number of nitrogens with zero attached hydrogens (tertiary/aromatic N) is 3. The van der Waals surface area contributed by atoms with E-state index in [0.717, 1.165) is 13.8 Å². The van der Waals surface area contributed by atoms with Crippen molar-refractivity contribution in [2.24, 2.45) is 5.11 Å². The van der Waals surface area contributed by atoms with E-state index >= 15 is 0 Å². The van der Waals surface area contributed by atoms with Crippen LogP contribution in [0.1, 0.15) is 13.8 Å². The van der Waals surface area contributed by atoms with E-state index in [1.807, 2.05) is 0 Å². The highest BCUT2D eigenvalue weighted by Crippen LogP contribution is 2.25. The maximum absolute atomic E-state index is 11.0. The number of esters is 2. The zero-order chi connectivity index (χ0) is 15.3. The Morgan fingerprint density at radius 1 is 1.35 bits per heavy atom. The van der Waals surface area contributed by atoms with Gasteiger partial charge in [0.05, 0.1) is 0 Å². The van der Waals surface area contributed by atoms with E-state index in [-0.39, 0.29) is 6.61 Å². The molecule has 0 radical (unpaired) electrons. The minimum absolute atomic E-state index is 0.339. The second kappa shape index (κ2) is 7.06. The maximum Gasteiger partial charge on any atom is 0.303 e. The molecule has 112 valence electrons. The molecule has 0 amide bonds. The van der Waals surface area contributed by atoms with E-state index in [2.05, 4.69) is 14.8 Å². The molecule has 5 atom stereocenters. The number of rotatable bonds is 4. The van der Waals surface area contributed by atoms with Crippen LogP contribution in [0.5, 0.6) is 0 Å². The Morgan fingerprint density at radius 2 is 2.00 bits per heavy atom. The van der Waals surface area contributed by atoms with Crippen molar-refractivity contribution in [3.05, 3.63) is 10.4 Å². The third-order valence-corrected chi connectivity index (χ3v) is 2.60. The summed E-state index contributed by atoms with van der Waals surface area (Å²) in [5.41, 5.74) is 8.42. The Balaban J connectivity index is 2.88. The molecule has 0 aliphatic carbocycles. The van der Waals surface area contributed by atoms with Gasteiger partial charge in [0.15, 0.2) is 6.29 Å². The average molecular weight is 289 g/mol. The van der Waals surface area contributed by atoms with Crippen LogP contribution in [0.25, 0.3) is 10.4 Å². The fraction of sp³-hybridized carbons (Fsp3) is 0.800. The fourth-order valence-electron chi connectivity index (χ4n) is 1.77.